The van der Waals surface area contributed by atoms with Crippen LogP contribution in [0.1, 0.15) is 11.1 Å². The van der Waals surface area contributed by atoms with Gasteiger partial charge in [-0.15, -0.1) is 0 Å². The summed E-state index contributed by atoms with van der Waals surface area (Å²) in [7, 11) is 0. The second kappa shape index (κ2) is 4.91. The molecule has 2 aromatic heterocycles. The predicted octanol–water partition coefficient (Wildman–Crippen LogP) is 4.12. The highest BCUT2D eigenvalue weighted by Crippen LogP contribution is 2.39. The lowest BCUT2D eigenvalue weighted by Gasteiger charge is -2.14. The molecule has 0 unspecified atom stereocenters. The van der Waals surface area contributed by atoms with Crippen molar-refractivity contribution in [3.05, 3.63) is 53.8 Å². The van der Waals surface area contributed by atoms with Gasteiger partial charge in [-0.1, -0.05) is 12.1 Å². The van der Waals surface area contributed by atoms with E-state index in [0.29, 0.717) is 30.2 Å². The zero-order valence-corrected chi connectivity index (χ0v) is 11.9. The number of nitrogens with zero attached hydrogens (tertiary/aromatic N) is 2. The third-order valence-corrected chi connectivity index (χ3v) is 3.84. The number of alkyl halides is 3. The normalized spacial score (nSPS) is 13.9. The van der Waals surface area contributed by atoms with E-state index in [1.165, 1.54) is 23.1 Å². The summed E-state index contributed by atoms with van der Waals surface area (Å²) in [4.78, 5) is 0. The maximum absolute atomic E-state index is 13.3. The molecule has 0 atom stereocenters. The van der Waals surface area contributed by atoms with Gasteiger partial charge in [0.05, 0.1) is 17.5 Å². The molecule has 0 spiro atoms. The molecule has 0 saturated carbocycles. The van der Waals surface area contributed by atoms with E-state index in [2.05, 4.69) is 10.4 Å². The van der Waals surface area contributed by atoms with Gasteiger partial charge in [0.15, 0.2) is 5.76 Å². The first-order valence-corrected chi connectivity index (χ1v) is 7.12. The van der Waals surface area contributed by atoms with Gasteiger partial charge in [-0.05, 0) is 30.7 Å². The van der Waals surface area contributed by atoms with Crippen molar-refractivity contribution in [3.8, 4) is 17.1 Å². The molecule has 1 aliphatic heterocycles. The van der Waals surface area contributed by atoms with Crippen LogP contribution in [0.2, 0.25) is 0 Å². The Kier molecular flexibility index (Phi) is 2.97. The molecular formula is C16H12F3N3O. The molecular weight excluding hydrogens is 307 g/mol. The molecule has 1 aromatic carbocycles. The molecule has 0 radical (unpaired) electrons. The fourth-order valence-electron chi connectivity index (χ4n) is 2.86. The van der Waals surface area contributed by atoms with Crippen molar-refractivity contribution in [1.82, 2.24) is 9.78 Å². The molecule has 0 bridgehead atoms. The van der Waals surface area contributed by atoms with Crippen LogP contribution in [0.5, 0.6) is 0 Å². The molecule has 0 aliphatic carbocycles. The highest BCUT2D eigenvalue weighted by atomic mass is 19.4. The van der Waals surface area contributed by atoms with Crippen molar-refractivity contribution in [2.45, 2.75) is 12.6 Å². The van der Waals surface area contributed by atoms with Crippen LogP contribution >= 0.6 is 0 Å². The number of benzene rings is 1. The van der Waals surface area contributed by atoms with Gasteiger partial charge in [0.2, 0.25) is 0 Å². The number of hydrogen-bond acceptors (Lipinski definition) is 3. The van der Waals surface area contributed by atoms with E-state index in [4.69, 9.17) is 4.42 Å². The highest BCUT2D eigenvalue weighted by molar-refractivity contribution is 5.70. The number of furan rings is 1. The van der Waals surface area contributed by atoms with E-state index in [9.17, 15) is 13.2 Å². The van der Waals surface area contributed by atoms with E-state index < -0.39 is 11.7 Å². The number of aromatic nitrogens is 2. The summed E-state index contributed by atoms with van der Waals surface area (Å²) in [5.41, 5.74) is 0.734. The number of halogens is 3. The Morgan fingerprint density at radius 1 is 1.13 bits per heavy atom. The Bertz CT molecular complexity index is 850. The van der Waals surface area contributed by atoms with E-state index in [1.807, 2.05) is 0 Å². The number of hydrogen-bond donors (Lipinski definition) is 1. The van der Waals surface area contributed by atoms with E-state index in [1.54, 1.807) is 18.2 Å². The SMILES string of the molecule is FC(F)(F)c1ccccc1-n1nc(-c2ccco2)c2c1NCC2. The smallest absolute Gasteiger partial charge is 0.418 e. The summed E-state index contributed by atoms with van der Waals surface area (Å²) < 4.78 is 46.5. The summed E-state index contributed by atoms with van der Waals surface area (Å²) in [6.07, 6.45) is -2.23. The van der Waals surface area contributed by atoms with Crippen molar-refractivity contribution in [1.29, 1.82) is 0 Å². The second-order valence-corrected chi connectivity index (χ2v) is 5.26. The van der Waals surface area contributed by atoms with Crippen LogP contribution in [-0.4, -0.2) is 16.3 Å². The van der Waals surface area contributed by atoms with Crippen LogP contribution < -0.4 is 5.32 Å². The minimum absolute atomic E-state index is 0.00320. The molecule has 3 aromatic rings. The van der Waals surface area contributed by atoms with Gasteiger partial charge in [-0.2, -0.15) is 18.3 Å². The molecule has 1 N–H and O–H groups in total. The molecule has 0 fully saturated rings. The standard InChI is InChI=1S/C16H12F3N3O/c17-16(18,19)11-4-1-2-5-12(11)22-15-10(7-8-20-15)14(21-22)13-6-3-9-23-13/h1-6,9,20H,7-8H2. The fraction of sp³-hybridized carbons (Fsp3) is 0.188. The number of rotatable bonds is 2. The number of nitrogens with one attached hydrogen (secondary N) is 1. The lowest BCUT2D eigenvalue weighted by molar-refractivity contribution is -0.137. The van der Waals surface area contributed by atoms with Crippen LogP contribution in [-0.2, 0) is 12.6 Å². The first-order valence-electron chi connectivity index (χ1n) is 7.12. The van der Waals surface area contributed by atoms with Crippen LogP contribution in [0.25, 0.3) is 17.1 Å². The third-order valence-electron chi connectivity index (χ3n) is 3.84. The Hall–Kier alpha value is -2.70. The van der Waals surface area contributed by atoms with Gasteiger partial charge in [-0.3, -0.25) is 0 Å². The Labute approximate surface area is 129 Å². The van der Waals surface area contributed by atoms with Gasteiger partial charge in [0.1, 0.15) is 11.5 Å². The van der Waals surface area contributed by atoms with Gasteiger partial charge in [-0.25, -0.2) is 4.68 Å². The van der Waals surface area contributed by atoms with Gasteiger partial charge in [0.25, 0.3) is 0 Å². The van der Waals surface area contributed by atoms with Crippen LogP contribution in [0.3, 0.4) is 0 Å². The third kappa shape index (κ3) is 2.19. The van der Waals surface area contributed by atoms with Gasteiger partial charge in [0, 0.05) is 12.1 Å². The maximum Gasteiger partial charge on any atom is 0.418 e. The number of para-hydroxylation sites is 1. The molecule has 0 saturated heterocycles. The summed E-state index contributed by atoms with van der Waals surface area (Å²) >= 11 is 0. The molecule has 1 aliphatic rings. The minimum Gasteiger partial charge on any atom is -0.463 e. The lowest BCUT2D eigenvalue weighted by Crippen LogP contribution is -2.13. The molecule has 7 heteroatoms. The quantitative estimate of drug-likeness (QED) is 0.773. The predicted molar refractivity (Wildman–Crippen MR) is 78.5 cm³/mol. The Balaban J connectivity index is 1.94. The summed E-state index contributed by atoms with van der Waals surface area (Å²) in [6.45, 7) is 0.662. The van der Waals surface area contributed by atoms with E-state index in [-0.39, 0.29) is 5.69 Å². The molecule has 23 heavy (non-hydrogen) atoms. The lowest BCUT2D eigenvalue weighted by atomic mass is 10.1. The van der Waals surface area contributed by atoms with E-state index >= 15 is 0 Å². The summed E-state index contributed by atoms with van der Waals surface area (Å²) in [6, 6.07) is 8.90. The summed E-state index contributed by atoms with van der Waals surface area (Å²) in [5.74, 6) is 1.14. The second-order valence-electron chi connectivity index (χ2n) is 5.26. The van der Waals surface area contributed by atoms with Crippen molar-refractivity contribution < 1.29 is 17.6 Å². The van der Waals surface area contributed by atoms with Crippen molar-refractivity contribution in [2.24, 2.45) is 0 Å². The molecule has 4 rings (SSSR count). The molecule has 3 heterocycles. The molecule has 118 valence electrons. The number of fused-ring (bicyclic) bond motifs is 1. The van der Waals surface area contributed by atoms with Crippen LogP contribution in [0.4, 0.5) is 19.0 Å². The number of anilines is 1. The zero-order valence-electron chi connectivity index (χ0n) is 11.9. The van der Waals surface area contributed by atoms with Gasteiger partial charge >= 0.3 is 6.18 Å². The topological polar surface area (TPSA) is 43.0 Å². The van der Waals surface area contributed by atoms with Crippen molar-refractivity contribution in [2.75, 3.05) is 11.9 Å². The fourth-order valence-corrected chi connectivity index (χ4v) is 2.86. The molecule has 0 amide bonds. The zero-order chi connectivity index (χ0) is 16.0. The first-order chi connectivity index (χ1) is 11.1. The Morgan fingerprint density at radius 2 is 1.96 bits per heavy atom. The average molecular weight is 319 g/mol. The summed E-state index contributed by atoms with van der Waals surface area (Å²) in [5, 5.41) is 7.50. The van der Waals surface area contributed by atoms with E-state index in [0.717, 1.165) is 11.6 Å². The van der Waals surface area contributed by atoms with Crippen molar-refractivity contribution >= 4 is 5.82 Å². The van der Waals surface area contributed by atoms with Crippen LogP contribution in [0.15, 0.2) is 47.1 Å². The minimum atomic E-state index is -4.45. The largest absolute Gasteiger partial charge is 0.463 e. The Morgan fingerprint density at radius 3 is 2.70 bits per heavy atom. The first kappa shape index (κ1) is 13.9. The molecule has 4 nitrogen and oxygen atoms in total. The van der Waals surface area contributed by atoms with Gasteiger partial charge < -0.3 is 9.73 Å². The monoisotopic (exact) mass is 319 g/mol. The average Bonchev–Trinajstić information content (AvgIpc) is 3.23. The van der Waals surface area contributed by atoms with Crippen molar-refractivity contribution in [3.63, 3.8) is 0 Å². The highest BCUT2D eigenvalue weighted by Gasteiger charge is 2.35. The van der Waals surface area contributed by atoms with Crippen LogP contribution in [0, 0.1) is 0 Å². The maximum atomic E-state index is 13.3.